The van der Waals surface area contributed by atoms with Crippen LogP contribution in [0.25, 0.3) is 0 Å². The number of ether oxygens (including phenoxy) is 2. The average molecular weight is 443 g/mol. The van der Waals surface area contributed by atoms with Gasteiger partial charge in [-0.25, -0.2) is 4.98 Å². The molecule has 2 aromatic carbocycles. The zero-order valence-corrected chi connectivity index (χ0v) is 18.1. The fourth-order valence-corrected chi connectivity index (χ4v) is 4.20. The van der Waals surface area contributed by atoms with E-state index in [4.69, 9.17) is 32.7 Å². The number of hydrogen-bond acceptors (Lipinski definition) is 4. The quantitative estimate of drug-likeness (QED) is 0.521. The summed E-state index contributed by atoms with van der Waals surface area (Å²) < 4.78 is 11.0. The van der Waals surface area contributed by atoms with Crippen LogP contribution in [-0.4, -0.2) is 36.6 Å². The molecular weight excluding hydrogens is 423 g/mol. The molecule has 5 nitrogen and oxygen atoms in total. The van der Waals surface area contributed by atoms with Crippen LogP contribution in [0.4, 0.5) is 0 Å². The predicted molar refractivity (Wildman–Crippen MR) is 117 cm³/mol. The van der Waals surface area contributed by atoms with Gasteiger partial charge in [0.1, 0.15) is 10.8 Å². The van der Waals surface area contributed by atoms with Gasteiger partial charge in [-0.15, -0.1) is 0 Å². The van der Waals surface area contributed by atoms with Crippen LogP contribution in [0.5, 0.6) is 11.5 Å². The largest absolute Gasteiger partial charge is 0.493 e. The van der Waals surface area contributed by atoms with Gasteiger partial charge >= 0.3 is 0 Å². The van der Waals surface area contributed by atoms with Gasteiger partial charge in [0.15, 0.2) is 11.5 Å². The molecule has 0 aliphatic carbocycles. The Morgan fingerprint density at radius 3 is 2.43 bits per heavy atom. The SMILES string of the molecule is COc1cc2c(cc1OC)[C@H](c1ccccc1)N(C(=O)c1nc(Cl)ccc1Cl)CC2. The Morgan fingerprint density at radius 2 is 1.73 bits per heavy atom. The van der Waals surface area contributed by atoms with Crippen LogP contribution in [0.1, 0.15) is 33.2 Å². The fraction of sp³-hybridized carbons (Fsp3) is 0.217. The number of fused-ring (bicyclic) bond motifs is 1. The molecule has 1 aromatic heterocycles. The van der Waals surface area contributed by atoms with E-state index in [1.807, 2.05) is 42.5 Å². The second kappa shape index (κ2) is 8.54. The first-order valence-corrected chi connectivity index (χ1v) is 10.2. The van der Waals surface area contributed by atoms with Crippen LogP contribution in [-0.2, 0) is 6.42 Å². The average Bonchev–Trinajstić information content (AvgIpc) is 2.78. The van der Waals surface area contributed by atoms with Crippen molar-refractivity contribution in [3.8, 4) is 11.5 Å². The zero-order valence-electron chi connectivity index (χ0n) is 16.6. The molecule has 0 radical (unpaired) electrons. The number of amides is 1. The van der Waals surface area contributed by atoms with E-state index < -0.39 is 0 Å². The van der Waals surface area contributed by atoms with E-state index in [1.165, 1.54) is 0 Å². The Kier molecular flexibility index (Phi) is 5.84. The maximum absolute atomic E-state index is 13.5. The summed E-state index contributed by atoms with van der Waals surface area (Å²) >= 11 is 12.3. The summed E-state index contributed by atoms with van der Waals surface area (Å²) in [5.74, 6) is 1.02. The molecule has 4 rings (SSSR count). The summed E-state index contributed by atoms with van der Waals surface area (Å²) in [6.45, 7) is 0.505. The van der Waals surface area contributed by atoms with E-state index in [0.29, 0.717) is 24.5 Å². The lowest BCUT2D eigenvalue weighted by Gasteiger charge is -2.38. The van der Waals surface area contributed by atoms with Gasteiger partial charge < -0.3 is 14.4 Å². The molecule has 0 N–H and O–H groups in total. The second-order valence-corrected chi connectivity index (χ2v) is 7.73. The summed E-state index contributed by atoms with van der Waals surface area (Å²) in [4.78, 5) is 19.5. The zero-order chi connectivity index (χ0) is 21.3. The lowest BCUT2D eigenvalue weighted by Crippen LogP contribution is -2.41. The number of halogens is 2. The Balaban J connectivity index is 1.86. The van der Waals surface area contributed by atoms with Gasteiger partial charge in [0.2, 0.25) is 0 Å². The van der Waals surface area contributed by atoms with E-state index in [-0.39, 0.29) is 27.8 Å². The van der Waals surface area contributed by atoms with Crippen LogP contribution >= 0.6 is 23.2 Å². The van der Waals surface area contributed by atoms with Crippen LogP contribution in [0, 0.1) is 0 Å². The van der Waals surface area contributed by atoms with Crippen LogP contribution < -0.4 is 9.47 Å². The van der Waals surface area contributed by atoms with Crippen molar-refractivity contribution in [2.75, 3.05) is 20.8 Å². The number of aromatic nitrogens is 1. The molecular formula is C23H20Cl2N2O3. The number of carbonyl (C=O) groups excluding carboxylic acids is 1. The minimum absolute atomic E-state index is 0.147. The molecule has 2 heterocycles. The Hall–Kier alpha value is -2.76. The molecule has 0 saturated heterocycles. The first kappa shape index (κ1) is 20.5. The van der Waals surface area contributed by atoms with E-state index >= 15 is 0 Å². The second-order valence-electron chi connectivity index (χ2n) is 6.93. The van der Waals surface area contributed by atoms with E-state index in [9.17, 15) is 4.79 Å². The maximum atomic E-state index is 13.5. The third kappa shape index (κ3) is 3.71. The summed E-state index contributed by atoms with van der Waals surface area (Å²) in [6.07, 6.45) is 0.670. The molecule has 0 bridgehead atoms. The van der Waals surface area contributed by atoms with Crippen molar-refractivity contribution in [1.82, 2.24) is 9.88 Å². The van der Waals surface area contributed by atoms with Gasteiger partial charge in [-0.3, -0.25) is 4.79 Å². The molecule has 7 heteroatoms. The number of pyridine rings is 1. The van der Waals surface area contributed by atoms with Gasteiger partial charge in [-0.2, -0.15) is 0 Å². The molecule has 0 spiro atoms. The van der Waals surface area contributed by atoms with Gasteiger partial charge in [-0.1, -0.05) is 53.5 Å². The number of methoxy groups -OCH3 is 2. The molecule has 0 saturated carbocycles. The highest BCUT2D eigenvalue weighted by atomic mass is 35.5. The highest BCUT2D eigenvalue weighted by Crippen LogP contribution is 2.41. The van der Waals surface area contributed by atoms with Gasteiger partial charge in [0, 0.05) is 6.54 Å². The normalized spacial score (nSPS) is 15.5. The number of rotatable bonds is 4. The van der Waals surface area contributed by atoms with Crippen molar-refractivity contribution < 1.29 is 14.3 Å². The lowest BCUT2D eigenvalue weighted by atomic mass is 9.87. The fourth-order valence-electron chi connectivity index (χ4n) is 3.86. The Labute approximate surface area is 185 Å². The number of carbonyl (C=O) groups is 1. The molecule has 1 aliphatic rings. The van der Waals surface area contributed by atoms with Gasteiger partial charge in [0.25, 0.3) is 5.91 Å². The predicted octanol–water partition coefficient (Wildman–Crippen LogP) is 5.19. The molecule has 0 fully saturated rings. The summed E-state index contributed by atoms with van der Waals surface area (Å²) in [7, 11) is 3.22. The minimum Gasteiger partial charge on any atom is -0.493 e. The van der Waals surface area contributed by atoms with Crippen molar-refractivity contribution in [3.63, 3.8) is 0 Å². The molecule has 1 atom stereocenters. The Bertz CT molecular complexity index is 1090. The minimum atomic E-state index is -0.320. The van der Waals surface area contributed by atoms with E-state index in [1.54, 1.807) is 31.3 Å². The van der Waals surface area contributed by atoms with E-state index in [0.717, 1.165) is 16.7 Å². The van der Waals surface area contributed by atoms with Gasteiger partial charge in [0.05, 0.1) is 25.3 Å². The summed E-state index contributed by atoms with van der Waals surface area (Å²) in [6, 6.07) is 16.6. The number of nitrogens with zero attached hydrogens (tertiary/aromatic N) is 2. The third-order valence-corrected chi connectivity index (χ3v) is 5.78. The monoisotopic (exact) mass is 442 g/mol. The molecule has 154 valence electrons. The standard InChI is InChI=1S/C23H20Cl2N2O3/c1-29-18-12-15-10-11-27(23(28)21-17(24)8-9-20(25)26-21)22(14-6-4-3-5-7-14)16(15)13-19(18)30-2/h3-9,12-13,22H,10-11H2,1-2H3/t22-/m0/s1. The van der Waals surface area contributed by atoms with Crippen molar-refractivity contribution in [2.24, 2.45) is 0 Å². The number of hydrogen-bond donors (Lipinski definition) is 0. The topological polar surface area (TPSA) is 51.7 Å². The maximum Gasteiger partial charge on any atom is 0.274 e. The first-order chi connectivity index (χ1) is 14.5. The summed E-state index contributed by atoms with van der Waals surface area (Å²) in [5, 5.41) is 0.497. The van der Waals surface area contributed by atoms with Crippen molar-refractivity contribution >= 4 is 29.1 Å². The molecule has 30 heavy (non-hydrogen) atoms. The third-order valence-electron chi connectivity index (χ3n) is 5.26. The highest BCUT2D eigenvalue weighted by Gasteiger charge is 2.35. The first-order valence-electron chi connectivity index (χ1n) is 9.46. The molecule has 1 aliphatic heterocycles. The molecule has 0 unspecified atom stereocenters. The van der Waals surface area contributed by atoms with Crippen LogP contribution in [0.3, 0.4) is 0 Å². The smallest absolute Gasteiger partial charge is 0.274 e. The van der Waals surface area contributed by atoms with E-state index in [2.05, 4.69) is 4.98 Å². The van der Waals surface area contributed by atoms with Crippen molar-refractivity contribution in [3.05, 3.63) is 87.2 Å². The van der Waals surface area contributed by atoms with Crippen molar-refractivity contribution in [2.45, 2.75) is 12.5 Å². The summed E-state index contributed by atoms with van der Waals surface area (Å²) in [5.41, 5.74) is 3.22. The van der Waals surface area contributed by atoms with Crippen LogP contribution in [0.15, 0.2) is 54.6 Å². The van der Waals surface area contributed by atoms with Crippen LogP contribution in [0.2, 0.25) is 10.2 Å². The van der Waals surface area contributed by atoms with Crippen molar-refractivity contribution in [1.29, 1.82) is 0 Å². The Morgan fingerprint density at radius 1 is 1.03 bits per heavy atom. The molecule has 3 aromatic rings. The lowest BCUT2D eigenvalue weighted by molar-refractivity contribution is 0.0688. The van der Waals surface area contributed by atoms with Gasteiger partial charge in [-0.05, 0) is 47.4 Å². The molecule has 1 amide bonds. The highest BCUT2D eigenvalue weighted by molar-refractivity contribution is 6.34. The number of benzene rings is 2.